The maximum absolute atomic E-state index is 11.1. The van der Waals surface area contributed by atoms with Gasteiger partial charge in [-0.2, -0.15) is 0 Å². The molecule has 1 aromatic carbocycles. The van der Waals surface area contributed by atoms with E-state index in [2.05, 4.69) is 9.97 Å². The van der Waals surface area contributed by atoms with Crippen LogP contribution in [-0.2, 0) is 6.54 Å². The molecule has 0 aliphatic rings. The van der Waals surface area contributed by atoms with Gasteiger partial charge in [-0.15, -0.1) is 0 Å². The van der Waals surface area contributed by atoms with Crippen molar-refractivity contribution in [2.75, 3.05) is 24.8 Å². The van der Waals surface area contributed by atoms with Crippen molar-refractivity contribution in [1.82, 2.24) is 9.97 Å². The van der Waals surface area contributed by atoms with Crippen molar-refractivity contribution in [2.45, 2.75) is 6.54 Å². The average molecular weight is 289 g/mol. The zero-order chi connectivity index (χ0) is 15.4. The highest BCUT2D eigenvalue weighted by Gasteiger charge is 2.23. The molecule has 0 amide bonds. The molecule has 2 N–H and O–H groups in total. The van der Waals surface area contributed by atoms with E-state index in [1.54, 1.807) is 19.1 Å². The van der Waals surface area contributed by atoms with Crippen LogP contribution in [0.4, 0.5) is 17.3 Å². The fourth-order valence-corrected chi connectivity index (χ4v) is 1.96. The van der Waals surface area contributed by atoms with Gasteiger partial charge in [-0.1, -0.05) is 12.1 Å². The SMILES string of the molecule is COc1cccc(CN(C)c2ncnc(N)c2[N+](=O)[O-])c1. The summed E-state index contributed by atoms with van der Waals surface area (Å²) in [6, 6.07) is 7.43. The predicted molar refractivity (Wildman–Crippen MR) is 78.2 cm³/mol. The lowest BCUT2D eigenvalue weighted by Crippen LogP contribution is -2.20. The number of nitrogens with zero attached hydrogens (tertiary/aromatic N) is 4. The van der Waals surface area contributed by atoms with Gasteiger partial charge >= 0.3 is 5.69 Å². The molecule has 2 aromatic rings. The van der Waals surface area contributed by atoms with Crippen LogP contribution in [0.5, 0.6) is 5.75 Å². The van der Waals surface area contributed by atoms with Gasteiger partial charge in [0.15, 0.2) is 0 Å². The van der Waals surface area contributed by atoms with Crippen LogP contribution in [0.15, 0.2) is 30.6 Å². The van der Waals surface area contributed by atoms with Crippen molar-refractivity contribution in [3.8, 4) is 5.75 Å². The first-order chi connectivity index (χ1) is 10.0. The summed E-state index contributed by atoms with van der Waals surface area (Å²) in [4.78, 5) is 19.8. The van der Waals surface area contributed by atoms with Gasteiger partial charge in [0.1, 0.15) is 12.1 Å². The maximum Gasteiger partial charge on any atom is 0.353 e. The summed E-state index contributed by atoms with van der Waals surface area (Å²) in [7, 11) is 3.28. The Morgan fingerprint density at radius 1 is 1.43 bits per heavy atom. The van der Waals surface area contributed by atoms with E-state index in [1.807, 2.05) is 24.3 Å². The molecule has 21 heavy (non-hydrogen) atoms. The first-order valence-corrected chi connectivity index (χ1v) is 6.12. The van der Waals surface area contributed by atoms with Crippen molar-refractivity contribution in [3.05, 3.63) is 46.3 Å². The Hall–Kier alpha value is -2.90. The van der Waals surface area contributed by atoms with E-state index in [0.717, 1.165) is 11.3 Å². The molecular formula is C13H15N5O3. The van der Waals surface area contributed by atoms with Gasteiger partial charge in [-0.3, -0.25) is 10.1 Å². The highest BCUT2D eigenvalue weighted by molar-refractivity contribution is 5.68. The monoisotopic (exact) mass is 289 g/mol. The van der Waals surface area contributed by atoms with Crippen LogP contribution in [0.25, 0.3) is 0 Å². The largest absolute Gasteiger partial charge is 0.497 e. The number of benzene rings is 1. The second-order valence-corrected chi connectivity index (χ2v) is 4.40. The maximum atomic E-state index is 11.1. The third kappa shape index (κ3) is 3.16. The summed E-state index contributed by atoms with van der Waals surface area (Å²) in [5, 5.41) is 11.1. The summed E-state index contributed by atoms with van der Waals surface area (Å²) in [5.41, 5.74) is 6.20. The average Bonchev–Trinajstić information content (AvgIpc) is 2.46. The summed E-state index contributed by atoms with van der Waals surface area (Å²) in [6.07, 6.45) is 1.21. The molecule has 1 aromatic heterocycles. The number of anilines is 2. The van der Waals surface area contributed by atoms with Crippen LogP contribution in [-0.4, -0.2) is 29.0 Å². The van der Waals surface area contributed by atoms with Gasteiger partial charge in [-0.25, -0.2) is 9.97 Å². The Kier molecular flexibility index (Phi) is 4.17. The summed E-state index contributed by atoms with van der Waals surface area (Å²) in [5.74, 6) is 0.746. The minimum Gasteiger partial charge on any atom is -0.497 e. The quantitative estimate of drug-likeness (QED) is 0.658. The van der Waals surface area contributed by atoms with Gasteiger partial charge in [0, 0.05) is 13.6 Å². The zero-order valence-electron chi connectivity index (χ0n) is 11.7. The van der Waals surface area contributed by atoms with Crippen LogP contribution >= 0.6 is 0 Å². The highest BCUT2D eigenvalue weighted by atomic mass is 16.6. The van der Waals surface area contributed by atoms with Crippen molar-refractivity contribution >= 4 is 17.3 Å². The Balaban J connectivity index is 2.30. The second kappa shape index (κ2) is 6.04. The lowest BCUT2D eigenvalue weighted by Gasteiger charge is -2.18. The molecule has 0 bridgehead atoms. The van der Waals surface area contributed by atoms with E-state index in [1.165, 1.54) is 6.33 Å². The second-order valence-electron chi connectivity index (χ2n) is 4.40. The fourth-order valence-electron chi connectivity index (χ4n) is 1.96. The number of ether oxygens (including phenoxy) is 1. The standard InChI is InChI=1S/C13H15N5O3/c1-17(7-9-4-3-5-10(6-9)21-2)13-11(18(19)20)12(14)15-8-16-13/h3-6,8H,7H2,1-2H3,(H2,14,15,16). The molecule has 0 saturated heterocycles. The Bertz CT molecular complexity index is 662. The summed E-state index contributed by atoms with van der Waals surface area (Å²) >= 11 is 0. The highest BCUT2D eigenvalue weighted by Crippen LogP contribution is 2.29. The van der Waals surface area contributed by atoms with E-state index in [4.69, 9.17) is 10.5 Å². The molecule has 0 aliphatic heterocycles. The molecular weight excluding hydrogens is 274 g/mol. The Labute approximate surface area is 121 Å². The topological polar surface area (TPSA) is 107 Å². The van der Waals surface area contributed by atoms with E-state index < -0.39 is 4.92 Å². The van der Waals surface area contributed by atoms with Crippen molar-refractivity contribution in [2.24, 2.45) is 0 Å². The van der Waals surface area contributed by atoms with Gasteiger partial charge in [0.2, 0.25) is 11.6 Å². The minimum absolute atomic E-state index is 0.150. The molecule has 0 aliphatic carbocycles. The van der Waals surface area contributed by atoms with E-state index >= 15 is 0 Å². The molecule has 0 saturated carbocycles. The van der Waals surface area contributed by atoms with Gasteiger partial charge in [0.05, 0.1) is 12.0 Å². The number of nitro groups is 1. The molecule has 110 valence electrons. The number of methoxy groups -OCH3 is 1. The lowest BCUT2D eigenvalue weighted by molar-refractivity contribution is -0.383. The van der Waals surface area contributed by atoms with Crippen molar-refractivity contribution in [3.63, 3.8) is 0 Å². The molecule has 0 fully saturated rings. The van der Waals surface area contributed by atoms with Gasteiger partial charge < -0.3 is 15.4 Å². The number of nitrogen functional groups attached to an aromatic ring is 1. The van der Waals surface area contributed by atoms with Crippen LogP contribution in [0.1, 0.15) is 5.56 Å². The van der Waals surface area contributed by atoms with Crippen LogP contribution in [0.2, 0.25) is 0 Å². The molecule has 8 heteroatoms. The van der Waals surface area contributed by atoms with Gasteiger partial charge in [0.25, 0.3) is 0 Å². The summed E-state index contributed by atoms with van der Waals surface area (Å²) in [6.45, 7) is 0.425. The molecule has 0 unspecified atom stereocenters. The molecule has 1 heterocycles. The Morgan fingerprint density at radius 2 is 2.19 bits per heavy atom. The van der Waals surface area contributed by atoms with E-state index in [9.17, 15) is 10.1 Å². The number of nitrogens with two attached hydrogens (primary N) is 1. The van der Waals surface area contributed by atoms with Crippen LogP contribution in [0.3, 0.4) is 0 Å². The van der Waals surface area contributed by atoms with E-state index in [0.29, 0.717) is 6.54 Å². The smallest absolute Gasteiger partial charge is 0.353 e. The third-order valence-corrected chi connectivity index (χ3v) is 2.93. The predicted octanol–water partition coefficient (Wildman–Crippen LogP) is 1.61. The first kappa shape index (κ1) is 14.5. The molecule has 0 atom stereocenters. The van der Waals surface area contributed by atoms with Crippen molar-refractivity contribution < 1.29 is 9.66 Å². The first-order valence-electron chi connectivity index (χ1n) is 6.12. The normalized spacial score (nSPS) is 10.2. The number of rotatable bonds is 5. The molecule has 0 radical (unpaired) electrons. The number of hydrogen-bond donors (Lipinski definition) is 1. The molecule has 8 nitrogen and oxygen atoms in total. The minimum atomic E-state index is -0.577. The van der Waals surface area contributed by atoms with Crippen LogP contribution < -0.4 is 15.4 Å². The van der Waals surface area contributed by atoms with Crippen LogP contribution in [0, 0.1) is 10.1 Å². The van der Waals surface area contributed by atoms with Gasteiger partial charge in [-0.05, 0) is 17.7 Å². The lowest BCUT2D eigenvalue weighted by atomic mass is 10.2. The molecule has 2 rings (SSSR count). The number of aromatic nitrogens is 2. The zero-order valence-corrected chi connectivity index (χ0v) is 11.7. The fraction of sp³-hybridized carbons (Fsp3) is 0.231. The summed E-state index contributed by atoms with van der Waals surface area (Å²) < 4.78 is 5.15. The van der Waals surface area contributed by atoms with E-state index in [-0.39, 0.29) is 17.3 Å². The number of hydrogen-bond acceptors (Lipinski definition) is 7. The molecule has 0 spiro atoms. The van der Waals surface area contributed by atoms with Crippen molar-refractivity contribution in [1.29, 1.82) is 0 Å². The third-order valence-electron chi connectivity index (χ3n) is 2.93. The Morgan fingerprint density at radius 3 is 2.86 bits per heavy atom.